The van der Waals surface area contributed by atoms with Crippen LogP contribution in [-0.2, 0) is 4.84 Å². The van der Waals surface area contributed by atoms with Crippen molar-refractivity contribution in [1.29, 1.82) is 0 Å². The standard InChI is InChI=1S/C5H6NO/c1-2-4-6-7-5-3-1/h2-3,5-6H,1H2. The molecule has 0 aromatic heterocycles. The molecule has 0 aromatic carbocycles. The Bertz CT molecular complexity index is 84.3. The second-order valence-electron chi connectivity index (χ2n) is 1.18. The Morgan fingerprint density at radius 3 is 3.71 bits per heavy atom. The highest BCUT2D eigenvalue weighted by molar-refractivity contribution is 4.86. The maximum Gasteiger partial charge on any atom is 0.115 e. The van der Waals surface area contributed by atoms with Crippen molar-refractivity contribution in [3.63, 3.8) is 0 Å². The van der Waals surface area contributed by atoms with Gasteiger partial charge in [-0.05, 0) is 12.5 Å². The van der Waals surface area contributed by atoms with Gasteiger partial charge in [-0.25, -0.2) is 5.48 Å². The van der Waals surface area contributed by atoms with Crippen molar-refractivity contribution in [2.45, 2.75) is 6.42 Å². The molecule has 0 amide bonds. The minimum Gasteiger partial charge on any atom is -0.390 e. The average Bonchev–Trinajstić information content (AvgIpc) is 1.90. The lowest BCUT2D eigenvalue weighted by Crippen LogP contribution is -1.98. The van der Waals surface area contributed by atoms with Crippen LogP contribution in [0.5, 0.6) is 0 Å². The van der Waals surface area contributed by atoms with Gasteiger partial charge in [0.2, 0.25) is 0 Å². The SMILES string of the molecule is [C]1=CCC=CON1. The summed E-state index contributed by atoms with van der Waals surface area (Å²) < 4.78 is 0. The molecule has 0 bridgehead atoms. The van der Waals surface area contributed by atoms with Crippen LogP contribution >= 0.6 is 0 Å². The van der Waals surface area contributed by atoms with Crippen molar-refractivity contribution in [3.05, 3.63) is 24.6 Å². The molecule has 37 valence electrons. The first-order valence-corrected chi connectivity index (χ1v) is 2.13. The molecule has 1 radical (unpaired) electrons. The molecule has 2 nitrogen and oxygen atoms in total. The van der Waals surface area contributed by atoms with Gasteiger partial charge in [-0.3, -0.25) is 0 Å². The van der Waals surface area contributed by atoms with Gasteiger partial charge >= 0.3 is 0 Å². The van der Waals surface area contributed by atoms with E-state index in [-0.39, 0.29) is 0 Å². The summed E-state index contributed by atoms with van der Waals surface area (Å²) in [4.78, 5) is 4.62. The first kappa shape index (κ1) is 4.24. The van der Waals surface area contributed by atoms with Gasteiger partial charge in [0.05, 0.1) is 6.20 Å². The summed E-state index contributed by atoms with van der Waals surface area (Å²) >= 11 is 0. The molecule has 0 fully saturated rings. The molecule has 1 heterocycles. The Balaban J connectivity index is 2.38. The smallest absolute Gasteiger partial charge is 0.115 e. The molecular formula is C5H6NO. The fourth-order valence-electron chi connectivity index (χ4n) is 0.340. The van der Waals surface area contributed by atoms with Crippen molar-refractivity contribution < 1.29 is 4.84 Å². The van der Waals surface area contributed by atoms with E-state index < -0.39 is 0 Å². The summed E-state index contributed by atoms with van der Waals surface area (Å²) in [6.07, 6.45) is 8.92. The number of hydrogen-bond acceptors (Lipinski definition) is 2. The fraction of sp³-hybridized carbons (Fsp3) is 0.200. The summed E-state index contributed by atoms with van der Waals surface area (Å²) in [6, 6.07) is 0. The Labute approximate surface area is 42.4 Å². The van der Waals surface area contributed by atoms with E-state index in [2.05, 4.69) is 16.5 Å². The van der Waals surface area contributed by atoms with E-state index in [1.54, 1.807) is 6.26 Å². The van der Waals surface area contributed by atoms with Gasteiger partial charge in [-0.15, -0.1) is 0 Å². The monoisotopic (exact) mass is 96.0 g/mol. The molecule has 1 aliphatic rings. The molecule has 0 unspecified atom stereocenters. The lowest BCUT2D eigenvalue weighted by Gasteiger charge is -1.89. The van der Waals surface area contributed by atoms with E-state index in [0.717, 1.165) is 6.42 Å². The third-order valence-electron chi connectivity index (χ3n) is 0.638. The molecule has 0 aliphatic carbocycles. The van der Waals surface area contributed by atoms with Crippen LogP contribution < -0.4 is 5.48 Å². The third kappa shape index (κ3) is 1.30. The van der Waals surface area contributed by atoms with Crippen LogP contribution in [0.25, 0.3) is 0 Å². The number of allylic oxidation sites excluding steroid dienone is 2. The summed E-state index contributed by atoms with van der Waals surface area (Å²) in [6.45, 7) is 0. The van der Waals surface area contributed by atoms with Crippen LogP contribution in [0.2, 0.25) is 0 Å². The molecule has 0 spiro atoms. The average molecular weight is 96.1 g/mol. The van der Waals surface area contributed by atoms with Crippen LogP contribution in [0, 0.1) is 6.20 Å². The number of nitrogens with one attached hydrogen (secondary N) is 1. The van der Waals surface area contributed by atoms with E-state index in [0.29, 0.717) is 0 Å². The zero-order chi connectivity index (χ0) is 4.95. The van der Waals surface area contributed by atoms with Crippen LogP contribution in [0.3, 0.4) is 0 Å². The largest absolute Gasteiger partial charge is 0.390 e. The summed E-state index contributed by atoms with van der Waals surface area (Å²) in [5, 5.41) is 0. The topological polar surface area (TPSA) is 21.3 Å². The van der Waals surface area contributed by atoms with Crippen LogP contribution in [0.4, 0.5) is 0 Å². The number of hydrogen-bond donors (Lipinski definition) is 1. The van der Waals surface area contributed by atoms with Gasteiger partial charge in [-0.1, -0.05) is 6.08 Å². The summed E-state index contributed by atoms with van der Waals surface area (Å²) in [5.74, 6) is 0. The van der Waals surface area contributed by atoms with Crippen molar-refractivity contribution in [2.75, 3.05) is 0 Å². The molecule has 1 aliphatic heterocycles. The molecule has 0 atom stereocenters. The van der Waals surface area contributed by atoms with E-state index in [1.165, 1.54) is 0 Å². The summed E-state index contributed by atoms with van der Waals surface area (Å²) in [5.41, 5.74) is 2.45. The van der Waals surface area contributed by atoms with Crippen molar-refractivity contribution in [2.24, 2.45) is 0 Å². The number of hydroxylamine groups is 1. The highest BCUT2D eigenvalue weighted by Gasteiger charge is 1.77. The molecule has 2 heteroatoms. The third-order valence-corrected chi connectivity index (χ3v) is 0.638. The van der Waals surface area contributed by atoms with Gasteiger partial charge < -0.3 is 4.84 Å². The first-order valence-electron chi connectivity index (χ1n) is 2.13. The van der Waals surface area contributed by atoms with E-state index in [4.69, 9.17) is 0 Å². The van der Waals surface area contributed by atoms with Gasteiger partial charge in [0.25, 0.3) is 0 Å². The van der Waals surface area contributed by atoms with Gasteiger partial charge in [0.15, 0.2) is 0 Å². The van der Waals surface area contributed by atoms with E-state index >= 15 is 0 Å². The summed E-state index contributed by atoms with van der Waals surface area (Å²) in [7, 11) is 0. The lowest BCUT2D eigenvalue weighted by atomic mass is 10.4. The van der Waals surface area contributed by atoms with E-state index in [1.807, 2.05) is 12.2 Å². The molecule has 0 saturated heterocycles. The predicted octanol–water partition coefficient (Wildman–Crippen LogP) is 0.742. The van der Waals surface area contributed by atoms with Crippen LogP contribution in [0.15, 0.2) is 18.4 Å². The van der Waals surface area contributed by atoms with Gasteiger partial charge in [0, 0.05) is 0 Å². The van der Waals surface area contributed by atoms with Crippen molar-refractivity contribution in [3.8, 4) is 0 Å². The van der Waals surface area contributed by atoms with Crippen molar-refractivity contribution in [1.82, 2.24) is 5.48 Å². The molecule has 1 N–H and O–H groups in total. The zero-order valence-corrected chi connectivity index (χ0v) is 3.85. The first-order chi connectivity index (χ1) is 3.50. The molecular weight excluding hydrogens is 90.1 g/mol. The second-order valence-corrected chi connectivity index (χ2v) is 1.18. The van der Waals surface area contributed by atoms with Crippen molar-refractivity contribution >= 4 is 0 Å². The maximum absolute atomic E-state index is 4.62. The molecule has 0 aromatic rings. The highest BCUT2D eigenvalue weighted by Crippen LogP contribution is 1.87. The normalized spacial score (nSPS) is 17.1. The number of rotatable bonds is 0. The Hall–Kier alpha value is -0.920. The Kier molecular flexibility index (Phi) is 1.39. The minimum absolute atomic E-state index is 0.896. The van der Waals surface area contributed by atoms with Gasteiger partial charge in [0.1, 0.15) is 6.26 Å². The van der Waals surface area contributed by atoms with Crippen LogP contribution in [-0.4, -0.2) is 0 Å². The predicted molar refractivity (Wildman–Crippen MR) is 25.8 cm³/mol. The Morgan fingerprint density at radius 1 is 1.71 bits per heavy atom. The zero-order valence-electron chi connectivity index (χ0n) is 3.85. The Morgan fingerprint density at radius 2 is 2.71 bits per heavy atom. The maximum atomic E-state index is 4.62. The fourth-order valence-corrected chi connectivity index (χ4v) is 0.340. The second kappa shape index (κ2) is 2.29. The quantitative estimate of drug-likeness (QED) is 0.480. The van der Waals surface area contributed by atoms with Gasteiger partial charge in [-0.2, -0.15) is 0 Å². The highest BCUT2D eigenvalue weighted by atomic mass is 16.6. The van der Waals surface area contributed by atoms with Crippen LogP contribution in [0.1, 0.15) is 6.42 Å². The molecule has 1 rings (SSSR count). The lowest BCUT2D eigenvalue weighted by molar-refractivity contribution is 0.170. The minimum atomic E-state index is 0.896. The van der Waals surface area contributed by atoms with E-state index in [9.17, 15) is 0 Å². The molecule has 0 saturated carbocycles. The molecule has 7 heavy (non-hydrogen) atoms.